The molecule has 0 saturated heterocycles. The molecule has 19 heavy (non-hydrogen) atoms. The summed E-state index contributed by atoms with van der Waals surface area (Å²) in [6.45, 7) is 0.192. The SMILES string of the molecule is O=C(O)CCN(C(=O)c1ccc(O)c(Cl)c1)C1CC1. The summed E-state index contributed by atoms with van der Waals surface area (Å²) in [6, 6.07) is 4.37. The van der Waals surface area contributed by atoms with Crippen molar-refractivity contribution in [2.24, 2.45) is 0 Å². The number of phenolic OH excluding ortho intramolecular Hbond substituents is 1. The van der Waals surface area contributed by atoms with E-state index in [1.165, 1.54) is 18.2 Å². The van der Waals surface area contributed by atoms with Crippen molar-refractivity contribution in [2.45, 2.75) is 25.3 Å². The van der Waals surface area contributed by atoms with Gasteiger partial charge in [-0.15, -0.1) is 0 Å². The third-order valence-electron chi connectivity index (χ3n) is 3.01. The highest BCUT2D eigenvalue weighted by Gasteiger charge is 2.33. The van der Waals surface area contributed by atoms with Crippen molar-refractivity contribution >= 4 is 23.5 Å². The number of aliphatic carboxylic acids is 1. The minimum absolute atomic E-state index is 0.0753. The fourth-order valence-electron chi connectivity index (χ4n) is 1.86. The monoisotopic (exact) mass is 283 g/mol. The van der Waals surface area contributed by atoms with Gasteiger partial charge < -0.3 is 15.1 Å². The van der Waals surface area contributed by atoms with Crippen LogP contribution in [0.4, 0.5) is 0 Å². The van der Waals surface area contributed by atoms with E-state index in [9.17, 15) is 14.7 Å². The molecule has 1 amide bonds. The van der Waals surface area contributed by atoms with Gasteiger partial charge >= 0.3 is 5.97 Å². The van der Waals surface area contributed by atoms with E-state index in [1.54, 1.807) is 4.90 Å². The van der Waals surface area contributed by atoms with Crippen molar-refractivity contribution in [1.29, 1.82) is 0 Å². The topological polar surface area (TPSA) is 77.8 Å². The summed E-state index contributed by atoms with van der Waals surface area (Å²) in [5.41, 5.74) is 0.361. The second-order valence-electron chi connectivity index (χ2n) is 4.54. The third-order valence-corrected chi connectivity index (χ3v) is 3.31. The normalized spacial score (nSPS) is 14.2. The number of phenols is 1. The van der Waals surface area contributed by atoms with Crippen molar-refractivity contribution in [3.05, 3.63) is 28.8 Å². The van der Waals surface area contributed by atoms with E-state index in [2.05, 4.69) is 0 Å². The van der Waals surface area contributed by atoms with Gasteiger partial charge in [-0.2, -0.15) is 0 Å². The van der Waals surface area contributed by atoms with Gasteiger partial charge in [-0.05, 0) is 31.0 Å². The zero-order valence-corrected chi connectivity index (χ0v) is 10.9. The van der Waals surface area contributed by atoms with E-state index in [0.717, 1.165) is 12.8 Å². The standard InChI is InChI=1S/C13H14ClNO4/c14-10-7-8(1-4-11(10)16)13(19)15(9-2-3-9)6-5-12(17)18/h1,4,7,9,16H,2-3,5-6H2,(H,17,18). The number of carboxylic acid groups (broad SMARTS) is 1. The Labute approximate surface area is 115 Å². The van der Waals surface area contributed by atoms with E-state index in [-0.39, 0.29) is 35.7 Å². The molecule has 0 bridgehead atoms. The minimum Gasteiger partial charge on any atom is -0.506 e. The van der Waals surface area contributed by atoms with Crippen LogP contribution in [-0.4, -0.2) is 39.6 Å². The van der Waals surface area contributed by atoms with Crippen molar-refractivity contribution in [2.75, 3.05) is 6.54 Å². The Kier molecular flexibility index (Phi) is 3.95. The fraction of sp³-hybridized carbons (Fsp3) is 0.385. The van der Waals surface area contributed by atoms with Gasteiger partial charge in [-0.1, -0.05) is 11.6 Å². The quantitative estimate of drug-likeness (QED) is 0.868. The van der Waals surface area contributed by atoms with Gasteiger partial charge in [-0.3, -0.25) is 9.59 Å². The fourth-order valence-corrected chi connectivity index (χ4v) is 2.04. The predicted molar refractivity (Wildman–Crippen MR) is 69.4 cm³/mol. The summed E-state index contributed by atoms with van der Waals surface area (Å²) in [5.74, 6) is -1.26. The number of aromatic hydroxyl groups is 1. The van der Waals surface area contributed by atoms with Crippen LogP contribution in [-0.2, 0) is 4.79 Å². The number of nitrogens with zero attached hydrogens (tertiary/aromatic N) is 1. The van der Waals surface area contributed by atoms with Crippen LogP contribution < -0.4 is 0 Å². The first-order chi connectivity index (χ1) is 8.99. The molecular formula is C13H14ClNO4. The largest absolute Gasteiger partial charge is 0.506 e. The third kappa shape index (κ3) is 3.38. The van der Waals surface area contributed by atoms with Crippen LogP contribution in [0.25, 0.3) is 0 Å². The lowest BCUT2D eigenvalue weighted by Crippen LogP contribution is -2.35. The number of hydrogen-bond donors (Lipinski definition) is 2. The lowest BCUT2D eigenvalue weighted by Gasteiger charge is -2.21. The summed E-state index contributed by atoms with van der Waals surface area (Å²) in [7, 11) is 0. The summed E-state index contributed by atoms with van der Waals surface area (Å²) in [6.07, 6.45) is 1.72. The first-order valence-corrected chi connectivity index (χ1v) is 6.38. The van der Waals surface area contributed by atoms with Crippen molar-refractivity contribution in [3.63, 3.8) is 0 Å². The summed E-state index contributed by atoms with van der Waals surface area (Å²) < 4.78 is 0. The number of carboxylic acids is 1. The first-order valence-electron chi connectivity index (χ1n) is 6.00. The highest BCUT2D eigenvalue weighted by atomic mass is 35.5. The van der Waals surface area contributed by atoms with Crippen LogP contribution in [0.1, 0.15) is 29.6 Å². The van der Waals surface area contributed by atoms with E-state index in [0.29, 0.717) is 5.56 Å². The molecule has 5 nitrogen and oxygen atoms in total. The van der Waals surface area contributed by atoms with Crippen LogP contribution in [0.3, 0.4) is 0 Å². The molecule has 2 rings (SSSR count). The van der Waals surface area contributed by atoms with Gasteiger partial charge in [0.05, 0.1) is 11.4 Å². The number of rotatable bonds is 5. The average molecular weight is 284 g/mol. The number of hydrogen-bond acceptors (Lipinski definition) is 3. The molecule has 6 heteroatoms. The van der Waals surface area contributed by atoms with Crippen LogP contribution in [0.2, 0.25) is 5.02 Å². The van der Waals surface area contributed by atoms with Crippen LogP contribution in [0, 0.1) is 0 Å². The summed E-state index contributed by atoms with van der Waals surface area (Å²) >= 11 is 5.77. The molecule has 1 aliphatic carbocycles. The first kappa shape index (κ1) is 13.7. The molecule has 102 valence electrons. The van der Waals surface area contributed by atoms with Crippen LogP contribution in [0.15, 0.2) is 18.2 Å². The number of amides is 1. The Bertz CT molecular complexity index is 513. The highest BCUT2D eigenvalue weighted by molar-refractivity contribution is 6.32. The predicted octanol–water partition coefficient (Wildman–Crippen LogP) is 2.12. The van der Waals surface area contributed by atoms with Gasteiger partial charge in [-0.25, -0.2) is 0 Å². The summed E-state index contributed by atoms with van der Waals surface area (Å²) in [5, 5.41) is 18.1. The molecular weight excluding hydrogens is 270 g/mol. The van der Waals surface area contributed by atoms with E-state index < -0.39 is 5.97 Å². The maximum absolute atomic E-state index is 12.3. The van der Waals surface area contributed by atoms with E-state index in [4.69, 9.17) is 16.7 Å². The molecule has 1 aliphatic rings. The van der Waals surface area contributed by atoms with Gasteiger partial charge in [0.2, 0.25) is 0 Å². The Morgan fingerprint density at radius 3 is 2.58 bits per heavy atom. The lowest BCUT2D eigenvalue weighted by atomic mass is 10.2. The molecule has 0 heterocycles. The highest BCUT2D eigenvalue weighted by Crippen LogP contribution is 2.30. The van der Waals surface area contributed by atoms with Crippen LogP contribution in [0.5, 0.6) is 5.75 Å². The number of carbonyl (C=O) groups excluding carboxylic acids is 1. The Hall–Kier alpha value is -1.75. The number of carbonyl (C=O) groups is 2. The van der Waals surface area contributed by atoms with Gasteiger partial charge in [0, 0.05) is 18.2 Å². The average Bonchev–Trinajstić information content (AvgIpc) is 3.16. The molecule has 1 aromatic rings. The van der Waals surface area contributed by atoms with Gasteiger partial charge in [0.25, 0.3) is 5.91 Å². The molecule has 1 saturated carbocycles. The molecule has 1 fully saturated rings. The number of benzene rings is 1. The smallest absolute Gasteiger partial charge is 0.305 e. The second-order valence-corrected chi connectivity index (χ2v) is 4.95. The van der Waals surface area contributed by atoms with Crippen molar-refractivity contribution in [3.8, 4) is 5.75 Å². The molecule has 0 aliphatic heterocycles. The summed E-state index contributed by atoms with van der Waals surface area (Å²) in [4.78, 5) is 24.5. The molecule has 0 spiro atoms. The second kappa shape index (κ2) is 5.48. The van der Waals surface area contributed by atoms with Crippen molar-refractivity contribution in [1.82, 2.24) is 4.90 Å². The zero-order chi connectivity index (χ0) is 14.0. The maximum atomic E-state index is 12.3. The van der Waals surface area contributed by atoms with Crippen LogP contribution >= 0.6 is 11.6 Å². The Morgan fingerprint density at radius 1 is 1.37 bits per heavy atom. The number of halogens is 1. The molecule has 2 N–H and O–H groups in total. The molecule has 0 atom stereocenters. The minimum atomic E-state index is -0.929. The van der Waals surface area contributed by atoms with Gasteiger partial charge in [0.1, 0.15) is 5.75 Å². The van der Waals surface area contributed by atoms with E-state index >= 15 is 0 Å². The Morgan fingerprint density at radius 2 is 2.05 bits per heavy atom. The maximum Gasteiger partial charge on any atom is 0.305 e. The molecule has 0 unspecified atom stereocenters. The lowest BCUT2D eigenvalue weighted by molar-refractivity contribution is -0.137. The molecule has 1 aromatic carbocycles. The van der Waals surface area contributed by atoms with E-state index in [1.807, 2.05) is 0 Å². The zero-order valence-electron chi connectivity index (χ0n) is 10.2. The molecule has 0 aromatic heterocycles. The van der Waals surface area contributed by atoms with Crippen molar-refractivity contribution < 1.29 is 19.8 Å². The van der Waals surface area contributed by atoms with Gasteiger partial charge in [0.15, 0.2) is 0 Å². The Balaban J connectivity index is 2.14. The molecule has 0 radical (unpaired) electrons.